The number of carbonyl (C=O) groups is 1. The van der Waals surface area contributed by atoms with Crippen molar-refractivity contribution in [2.24, 2.45) is 0 Å². The number of hydrogen-bond donors (Lipinski definition) is 1. The van der Waals surface area contributed by atoms with Gasteiger partial charge in [-0.3, -0.25) is 4.98 Å². The summed E-state index contributed by atoms with van der Waals surface area (Å²) >= 11 is 0. The summed E-state index contributed by atoms with van der Waals surface area (Å²) in [4.78, 5) is 15.2. The van der Waals surface area contributed by atoms with Crippen molar-refractivity contribution in [3.63, 3.8) is 0 Å². The number of cyclic esters (lactones) is 1. The summed E-state index contributed by atoms with van der Waals surface area (Å²) in [6.07, 6.45) is 2.93. The summed E-state index contributed by atoms with van der Waals surface area (Å²) in [5.41, 5.74) is 2.62. The monoisotopic (exact) mass is 294 g/mol. The Labute approximate surface area is 128 Å². The molecule has 2 aromatic rings. The molecule has 1 saturated heterocycles. The molecule has 0 unspecified atom stereocenters. The van der Waals surface area contributed by atoms with Gasteiger partial charge in [-0.15, -0.1) is 0 Å². The standard InChI is InChI=1S/C17H14N2O3/c1-21-15-8-13(9-18-10-15)6-5-12-3-2-4-14(7-12)16-11-22-17(20)19-16/h2-4,7-10,16H,11H2,1H3,(H,19,20)/t16-/m0/s1. The van der Waals surface area contributed by atoms with Crippen LogP contribution >= 0.6 is 0 Å². The average molecular weight is 294 g/mol. The summed E-state index contributed by atoms with van der Waals surface area (Å²) in [7, 11) is 1.59. The van der Waals surface area contributed by atoms with Crippen molar-refractivity contribution < 1.29 is 14.3 Å². The van der Waals surface area contributed by atoms with Gasteiger partial charge in [-0.1, -0.05) is 24.0 Å². The number of ether oxygens (including phenoxy) is 2. The summed E-state index contributed by atoms with van der Waals surface area (Å²) in [5, 5.41) is 2.75. The molecule has 1 fully saturated rings. The Hall–Kier alpha value is -3.00. The Morgan fingerprint density at radius 3 is 2.91 bits per heavy atom. The molecule has 0 spiro atoms. The minimum atomic E-state index is -0.385. The molecule has 0 radical (unpaired) electrons. The third kappa shape index (κ3) is 3.18. The van der Waals surface area contributed by atoms with Gasteiger partial charge < -0.3 is 14.8 Å². The van der Waals surface area contributed by atoms with E-state index in [0.717, 1.165) is 16.7 Å². The summed E-state index contributed by atoms with van der Waals surface area (Å²) < 4.78 is 10.0. The molecule has 1 aromatic heterocycles. The summed E-state index contributed by atoms with van der Waals surface area (Å²) in [5.74, 6) is 6.81. The number of nitrogens with one attached hydrogen (secondary N) is 1. The molecule has 1 N–H and O–H groups in total. The fourth-order valence-corrected chi connectivity index (χ4v) is 2.14. The van der Waals surface area contributed by atoms with E-state index in [1.165, 1.54) is 0 Å². The topological polar surface area (TPSA) is 60.5 Å². The van der Waals surface area contributed by atoms with Crippen LogP contribution in [0.25, 0.3) is 0 Å². The van der Waals surface area contributed by atoms with Gasteiger partial charge in [0.1, 0.15) is 12.4 Å². The predicted molar refractivity (Wildman–Crippen MR) is 80.4 cm³/mol. The van der Waals surface area contributed by atoms with Gasteiger partial charge in [0.2, 0.25) is 0 Å². The molecule has 1 aliphatic heterocycles. The van der Waals surface area contributed by atoms with Gasteiger partial charge in [0.15, 0.2) is 0 Å². The second-order valence-electron chi connectivity index (χ2n) is 4.78. The summed E-state index contributed by atoms with van der Waals surface area (Å²) in [6.45, 7) is 0.343. The second-order valence-corrected chi connectivity index (χ2v) is 4.78. The maximum Gasteiger partial charge on any atom is 0.407 e. The minimum Gasteiger partial charge on any atom is -0.495 e. The number of nitrogens with zero attached hydrogens (tertiary/aromatic N) is 1. The first-order valence-corrected chi connectivity index (χ1v) is 6.79. The van der Waals surface area contributed by atoms with Crippen LogP contribution in [0.5, 0.6) is 5.75 Å². The number of alkyl carbamates (subject to hydrolysis) is 1. The number of aromatic nitrogens is 1. The number of benzene rings is 1. The molecule has 1 aromatic carbocycles. The molecule has 5 nitrogen and oxygen atoms in total. The molecule has 0 saturated carbocycles. The highest BCUT2D eigenvalue weighted by atomic mass is 16.6. The Kier molecular flexibility index (Phi) is 3.92. The van der Waals surface area contributed by atoms with Crippen molar-refractivity contribution in [3.05, 3.63) is 59.4 Å². The third-order valence-corrected chi connectivity index (χ3v) is 3.26. The molecule has 5 heteroatoms. The van der Waals surface area contributed by atoms with Gasteiger partial charge in [0.05, 0.1) is 19.3 Å². The van der Waals surface area contributed by atoms with E-state index in [1.54, 1.807) is 19.5 Å². The van der Waals surface area contributed by atoms with Gasteiger partial charge in [-0.2, -0.15) is 0 Å². The maximum absolute atomic E-state index is 11.1. The first-order valence-electron chi connectivity index (χ1n) is 6.79. The second kappa shape index (κ2) is 6.19. The zero-order valence-electron chi connectivity index (χ0n) is 12.0. The number of hydrogen-bond acceptors (Lipinski definition) is 4. The molecule has 1 aliphatic rings. The van der Waals surface area contributed by atoms with Crippen molar-refractivity contribution in [3.8, 4) is 17.6 Å². The van der Waals surface area contributed by atoms with E-state index in [-0.39, 0.29) is 12.1 Å². The lowest BCUT2D eigenvalue weighted by atomic mass is 10.0. The lowest BCUT2D eigenvalue weighted by Gasteiger charge is -2.07. The molecule has 2 heterocycles. The van der Waals surface area contributed by atoms with Crippen molar-refractivity contribution in [2.45, 2.75) is 6.04 Å². The molecule has 0 bridgehead atoms. The molecule has 22 heavy (non-hydrogen) atoms. The van der Waals surface area contributed by atoms with Crippen molar-refractivity contribution in [1.29, 1.82) is 0 Å². The number of methoxy groups -OCH3 is 1. The Bertz CT molecular complexity index is 762. The van der Waals surface area contributed by atoms with Crippen LogP contribution in [0.1, 0.15) is 22.7 Å². The van der Waals surface area contributed by atoms with E-state index in [4.69, 9.17) is 9.47 Å². The normalized spacial score (nSPS) is 16.2. The lowest BCUT2D eigenvalue weighted by Crippen LogP contribution is -2.18. The van der Waals surface area contributed by atoms with Crippen molar-refractivity contribution in [2.75, 3.05) is 13.7 Å². The average Bonchev–Trinajstić information content (AvgIpc) is 3.00. The Balaban J connectivity index is 1.81. The number of carbonyl (C=O) groups excluding carboxylic acids is 1. The number of pyridine rings is 1. The van der Waals surface area contributed by atoms with E-state index in [0.29, 0.717) is 12.4 Å². The fourth-order valence-electron chi connectivity index (χ4n) is 2.14. The van der Waals surface area contributed by atoms with Gasteiger partial charge in [0, 0.05) is 17.3 Å². The van der Waals surface area contributed by atoms with Crippen LogP contribution in [0.4, 0.5) is 4.79 Å². The summed E-state index contributed by atoms with van der Waals surface area (Å²) in [6, 6.07) is 9.43. The molecular formula is C17H14N2O3. The Morgan fingerprint density at radius 2 is 2.14 bits per heavy atom. The van der Waals surface area contributed by atoms with Gasteiger partial charge >= 0.3 is 6.09 Å². The zero-order chi connectivity index (χ0) is 15.4. The van der Waals surface area contributed by atoms with E-state index < -0.39 is 0 Å². The number of rotatable bonds is 2. The zero-order valence-corrected chi connectivity index (χ0v) is 12.0. The van der Waals surface area contributed by atoms with Crippen LogP contribution in [-0.2, 0) is 4.74 Å². The highest BCUT2D eigenvalue weighted by Gasteiger charge is 2.23. The minimum absolute atomic E-state index is 0.118. The van der Waals surface area contributed by atoms with Crippen LogP contribution in [0.3, 0.4) is 0 Å². The highest BCUT2D eigenvalue weighted by molar-refractivity contribution is 5.70. The van der Waals surface area contributed by atoms with Gasteiger partial charge in [0.25, 0.3) is 0 Å². The smallest absolute Gasteiger partial charge is 0.407 e. The lowest BCUT2D eigenvalue weighted by molar-refractivity contribution is 0.177. The van der Waals surface area contributed by atoms with Crippen LogP contribution in [0.2, 0.25) is 0 Å². The van der Waals surface area contributed by atoms with E-state index >= 15 is 0 Å². The fraction of sp³-hybridized carbons (Fsp3) is 0.176. The van der Waals surface area contributed by atoms with Crippen LogP contribution in [0.15, 0.2) is 42.7 Å². The van der Waals surface area contributed by atoms with Gasteiger partial charge in [-0.25, -0.2) is 4.79 Å². The Morgan fingerprint density at radius 1 is 1.27 bits per heavy atom. The van der Waals surface area contributed by atoms with Crippen LogP contribution in [-0.4, -0.2) is 24.8 Å². The van der Waals surface area contributed by atoms with Crippen LogP contribution < -0.4 is 10.1 Å². The molecule has 1 atom stereocenters. The van der Waals surface area contributed by atoms with E-state index in [1.807, 2.05) is 30.3 Å². The molecule has 0 aliphatic carbocycles. The number of amides is 1. The van der Waals surface area contributed by atoms with Crippen LogP contribution in [0, 0.1) is 11.8 Å². The first kappa shape index (κ1) is 14.0. The molecule has 1 amide bonds. The van der Waals surface area contributed by atoms with E-state index in [2.05, 4.69) is 22.1 Å². The van der Waals surface area contributed by atoms with E-state index in [9.17, 15) is 4.79 Å². The predicted octanol–water partition coefficient (Wildman–Crippen LogP) is 2.27. The van der Waals surface area contributed by atoms with Crippen molar-refractivity contribution in [1.82, 2.24) is 10.3 Å². The quantitative estimate of drug-likeness (QED) is 0.863. The highest BCUT2D eigenvalue weighted by Crippen LogP contribution is 2.19. The first-order chi connectivity index (χ1) is 10.7. The SMILES string of the molecule is COc1cncc(C#Cc2cccc([C@@H]3COC(=O)N3)c2)c1. The molecular weight excluding hydrogens is 280 g/mol. The molecule has 110 valence electrons. The van der Waals surface area contributed by atoms with Crippen molar-refractivity contribution >= 4 is 6.09 Å². The van der Waals surface area contributed by atoms with Gasteiger partial charge in [-0.05, 0) is 23.8 Å². The maximum atomic E-state index is 11.1. The molecule has 3 rings (SSSR count). The largest absolute Gasteiger partial charge is 0.495 e. The third-order valence-electron chi connectivity index (χ3n) is 3.26.